The molecule has 4 amide bonds. The molecule has 14 nitrogen and oxygen atoms in total. The number of hydrogen-bond acceptors (Lipinski definition) is 11. The van der Waals surface area contributed by atoms with Gasteiger partial charge in [-0.15, -0.1) is 11.3 Å². The summed E-state index contributed by atoms with van der Waals surface area (Å²) in [5.74, 6) is -2.23. The molecular weight excluding hydrogens is 793 g/mol. The smallest absolute Gasteiger partial charge is 0.408 e. The lowest BCUT2D eigenvalue weighted by Gasteiger charge is -2.30. The summed E-state index contributed by atoms with van der Waals surface area (Å²) in [6, 6.07) is 15.2. The van der Waals surface area contributed by atoms with Crippen molar-refractivity contribution in [3.8, 4) is 16.5 Å². The van der Waals surface area contributed by atoms with Gasteiger partial charge in [0.2, 0.25) is 17.7 Å². The Morgan fingerprint density at radius 2 is 1.66 bits per heavy atom. The Hall–Kier alpha value is -5.35. The Bertz CT molecular complexity index is 2350. The van der Waals surface area contributed by atoms with E-state index in [0.717, 1.165) is 49.0 Å². The zero-order chi connectivity index (χ0) is 41.1. The number of rotatable bonds is 8. The molecule has 0 radical (unpaired) electrons. The molecule has 1 saturated heterocycles. The maximum atomic E-state index is 14.7. The van der Waals surface area contributed by atoms with E-state index in [1.165, 1.54) is 28.4 Å². The normalized spacial score (nSPS) is 25.8. The van der Waals surface area contributed by atoms with Gasteiger partial charge in [-0.2, -0.15) is 0 Å². The predicted octanol–water partition coefficient (Wildman–Crippen LogP) is 5.95. The number of aryl methyl sites for hydroxylation is 1. The van der Waals surface area contributed by atoms with Crippen LogP contribution in [0.4, 0.5) is 4.79 Å². The molecule has 59 heavy (non-hydrogen) atoms. The van der Waals surface area contributed by atoms with Gasteiger partial charge in [-0.25, -0.2) is 27.9 Å². The number of carbonyl (C=O) groups is 4. The van der Waals surface area contributed by atoms with E-state index in [-0.39, 0.29) is 36.3 Å². The first-order valence-electron chi connectivity index (χ1n) is 20.4. The molecule has 2 aliphatic carbocycles. The highest BCUT2D eigenvalue weighted by Gasteiger charge is 2.61. The molecular formula is C43H48N6O8S2. The molecule has 3 fully saturated rings. The molecule has 2 aromatic carbocycles. The third-order valence-electron chi connectivity index (χ3n) is 11.6. The van der Waals surface area contributed by atoms with Crippen LogP contribution >= 0.6 is 11.3 Å². The summed E-state index contributed by atoms with van der Waals surface area (Å²) < 4.78 is 41.3. The largest absolute Gasteiger partial charge is 0.471 e. The van der Waals surface area contributed by atoms with Crippen LogP contribution in [0, 0.1) is 12.8 Å². The second kappa shape index (κ2) is 17.1. The number of thiophene rings is 1. The van der Waals surface area contributed by atoms with Crippen molar-refractivity contribution in [2.24, 2.45) is 5.92 Å². The van der Waals surface area contributed by atoms with Gasteiger partial charge in [-0.3, -0.25) is 14.4 Å². The molecule has 2 saturated carbocycles. The fraction of sp³-hybridized carbons (Fsp3) is 0.442. The molecule has 16 heteroatoms. The summed E-state index contributed by atoms with van der Waals surface area (Å²) in [4.78, 5) is 68.5. The third-order valence-corrected chi connectivity index (χ3v) is 13.9. The topological polar surface area (TPSA) is 186 Å². The summed E-state index contributed by atoms with van der Waals surface area (Å²) in [5, 5.41) is 7.65. The van der Waals surface area contributed by atoms with Crippen molar-refractivity contribution in [3.63, 3.8) is 0 Å². The van der Waals surface area contributed by atoms with Crippen LogP contribution in [-0.2, 0) is 29.1 Å². The van der Waals surface area contributed by atoms with Gasteiger partial charge in [0, 0.05) is 12.3 Å². The molecule has 0 spiro atoms. The van der Waals surface area contributed by atoms with E-state index < -0.39 is 63.5 Å². The van der Waals surface area contributed by atoms with Crippen LogP contribution in [0.3, 0.4) is 0 Å². The van der Waals surface area contributed by atoms with Gasteiger partial charge in [0.1, 0.15) is 35.5 Å². The van der Waals surface area contributed by atoms with Gasteiger partial charge in [0.15, 0.2) is 0 Å². The number of sulfonamides is 1. The molecule has 0 unspecified atom stereocenters. The van der Waals surface area contributed by atoms with Crippen molar-refractivity contribution >= 4 is 56.2 Å². The highest BCUT2D eigenvalue weighted by molar-refractivity contribution is 7.90. The van der Waals surface area contributed by atoms with E-state index in [0.29, 0.717) is 36.0 Å². The maximum absolute atomic E-state index is 14.7. The van der Waals surface area contributed by atoms with Crippen LogP contribution < -0.4 is 20.1 Å². The molecule has 8 rings (SSSR count). The number of carbonyl (C=O) groups excluding carboxylic acids is 4. The fourth-order valence-corrected chi connectivity index (χ4v) is 10.0. The van der Waals surface area contributed by atoms with Crippen molar-refractivity contribution in [1.82, 2.24) is 30.2 Å². The standard InChI is InChI=1S/C43H48N6O8S2/c1-27-19-21-31(22-20-27)59(54,55)48-41(52)43-25-28(43)12-5-3-2-4-6-17-34(46-42(53)57-29-13-7-8-14-29)40(51)49-26-30(24-35(49)38(50)47-43)56-39-37(36-18-11-23-58-36)44-32-15-9-10-16-33(32)45-39/h5,9-12,15-16,18-23,28-30,34-35H,2-4,6-8,13-14,17,24-26H2,1H3,(H,46,53)(H,47,50)(H,48,52)/b12-5-/t28-,30-,34+,35+,43+/m1/s1. The first kappa shape index (κ1) is 40.4. The minimum Gasteiger partial charge on any atom is -0.471 e. The number of aromatic nitrogens is 2. The van der Waals surface area contributed by atoms with E-state index in [4.69, 9.17) is 19.4 Å². The third kappa shape index (κ3) is 8.98. The number of amides is 4. The quantitative estimate of drug-likeness (QED) is 0.179. The van der Waals surface area contributed by atoms with Crippen LogP contribution in [0.15, 0.2) is 83.1 Å². The Morgan fingerprint density at radius 1 is 0.915 bits per heavy atom. The lowest BCUT2D eigenvalue weighted by Crippen LogP contribution is -2.58. The molecule has 4 aromatic rings. The summed E-state index contributed by atoms with van der Waals surface area (Å²) in [6.07, 6.45) is 8.99. The molecule has 2 aliphatic heterocycles. The summed E-state index contributed by atoms with van der Waals surface area (Å²) in [7, 11) is -4.28. The van der Waals surface area contributed by atoms with Crippen molar-refractivity contribution in [2.75, 3.05) is 6.54 Å². The van der Waals surface area contributed by atoms with Gasteiger partial charge < -0.3 is 25.0 Å². The Morgan fingerprint density at radius 3 is 2.41 bits per heavy atom. The van der Waals surface area contributed by atoms with Crippen LogP contribution in [0.25, 0.3) is 21.6 Å². The van der Waals surface area contributed by atoms with Gasteiger partial charge in [0.25, 0.3) is 15.9 Å². The van der Waals surface area contributed by atoms with Crippen LogP contribution in [0.2, 0.25) is 0 Å². The molecule has 2 aromatic heterocycles. The minimum atomic E-state index is -4.28. The molecule has 4 aliphatic rings. The minimum absolute atomic E-state index is 0.0229. The van der Waals surface area contributed by atoms with E-state index in [9.17, 15) is 27.6 Å². The number of ether oxygens (including phenoxy) is 2. The summed E-state index contributed by atoms with van der Waals surface area (Å²) in [6.45, 7) is 1.79. The number of nitrogens with one attached hydrogen (secondary N) is 3. The Balaban J connectivity index is 1.11. The monoisotopic (exact) mass is 840 g/mol. The SMILES string of the molecule is Cc1ccc(S(=O)(=O)NC(=O)[C@]23C[C@H]2/C=C\CCCCC[C@H](NC(=O)OC2CCCC2)C(=O)N2C[C@H](Oc4nc5ccccc5nc4-c4cccs4)C[C@H]2C(=O)N3)cc1. The fourth-order valence-electron chi connectivity index (χ4n) is 8.29. The molecule has 4 heterocycles. The second-order valence-corrected chi connectivity index (χ2v) is 18.5. The number of fused-ring (bicyclic) bond motifs is 3. The van der Waals surface area contributed by atoms with Crippen LogP contribution in [0.5, 0.6) is 5.88 Å². The summed E-state index contributed by atoms with van der Waals surface area (Å²) >= 11 is 1.47. The van der Waals surface area contributed by atoms with Crippen molar-refractivity contribution in [1.29, 1.82) is 0 Å². The Labute approximate surface area is 347 Å². The lowest BCUT2D eigenvalue weighted by atomic mass is 10.0. The van der Waals surface area contributed by atoms with E-state index in [1.54, 1.807) is 12.1 Å². The molecule has 0 bridgehead atoms. The number of hydrogen-bond donors (Lipinski definition) is 3. The summed E-state index contributed by atoms with van der Waals surface area (Å²) in [5.41, 5.74) is 1.07. The number of para-hydroxylation sites is 2. The zero-order valence-corrected chi connectivity index (χ0v) is 34.4. The highest BCUT2D eigenvalue weighted by Crippen LogP contribution is 2.46. The van der Waals surface area contributed by atoms with Gasteiger partial charge in [-0.1, -0.05) is 60.9 Å². The average molecular weight is 841 g/mol. The molecule has 310 valence electrons. The van der Waals surface area contributed by atoms with Crippen molar-refractivity contribution in [3.05, 3.63) is 83.8 Å². The second-order valence-electron chi connectivity index (χ2n) is 15.9. The van der Waals surface area contributed by atoms with Crippen LogP contribution in [0.1, 0.15) is 76.2 Å². The van der Waals surface area contributed by atoms with Gasteiger partial charge in [0.05, 0.1) is 27.4 Å². The average Bonchev–Trinajstić information content (AvgIpc) is 3.71. The number of benzene rings is 2. The van der Waals surface area contributed by atoms with Gasteiger partial charge in [-0.05, 0) is 94.0 Å². The first-order chi connectivity index (χ1) is 28.5. The van der Waals surface area contributed by atoms with E-state index >= 15 is 0 Å². The predicted molar refractivity (Wildman–Crippen MR) is 221 cm³/mol. The molecule has 5 atom stereocenters. The van der Waals surface area contributed by atoms with E-state index in [1.807, 2.05) is 60.9 Å². The first-order valence-corrected chi connectivity index (χ1v) is 22.7. The number of nitrogens with zero attached hydrogens (tertiary/aromatic N) is 3. The maximum Gasteiger partial charge on any atom is 0.408 e. The zero-order valence-electron chi connectivity index (χ0n) is 32.8. The highest BCUT2D eigenvalue weighted by atomic mass is 32.2. The van der Waals surface area contributed by atoms with E-state index in [2.05, 4.69) is 15.4 Å². The Kier molecular flexibility index (Phi) is 11.7. The number of alkyl carbamates (subject to hydrolysis) is 1. The number of allylic oxidation sites excluding steroid dienone is 1. The van der Waals surface area contributed by atoms with Crippen molar-refractivity contribution in [2.45, 2.75) is 112 Å². The lowest BCUT2D eigenvalue weighted by molar-refractivity contribution is -0.141. The molecule has 3 N–H and O–H groups in total. The van der Waals surface area contributed by atoms with Gasteiger partial charge >= 0.3 is 6.09 Å². The van der Waals surface area contributed by atoms with Crippen molar-refractivity contribution < 1.29 is 37.1 Å². The van der Waals surface area contributed by atoms with Crippen LogP contribution in [-0.4, -0.2) is 83.5 Å².